The molecule has 0 saturated heterocycles. The van der Waals surface area contributed by atoms with Crippen molar-refractivity contribution in [2.24, 2.45) is 0 Å². The zero-order valence-corrected chi connectivity index (χ0v) is 6.78. The molecule has 1 atom stereocenters. The van der Waals surface area contributed by atoms with Crippen LogP contribution >= 0.6 is 0 Å². The van der Waals surface area contributed by atoms with Crippen LogP contribution in [0, 0.1) is 6.92 Å². The summed E-state index contributed by atoms with van der Waals surface area (Å²) in [6.07, 6.45) is -4.20. The molecule has 0 bridgehead atoms. The SMILES string of the molecule is [CH2]C(N(CC)CC)C(F)(F)F. The van der Waals surface area contributed by atoms with Gasteiger partial charge in [0.1, 0.15) is 6.04 Å². The molecule has 0 aliphatic heterocycles. The van der Waals surface area contributed by atoms with Gasteiger partial charge in [-0.05, 0) is 20.0 Å². The van der Waals surface area contributed by atoms with Gasteiger partial charge in [-0.3, -0.25) is 4.90 Å². The zero-order chi connectivity index (χ0) is 9.07. The zero-order valence-electron chi connectivity index (χ0n) is 6.78. The van der Waals surface area contributed by atoms with Crippen molar-refractivity contribution in [2.45, 2.75) is 26.1 Å². The molecule has 0 amide bonds. The Balaban J connectivity index is 4.09. The van der Waals surface area contributed by atoms with E-state index in [1.165, 1.54) is 4.90 Å². The Labute approximate surface area is 65.2 Å². The molecule has 1 unspecified atom stereocenters. The molecule has 0 aliphatic rings. The molecule has 0 N–H and O–H groups in total. The van der Waals surface area contributed by atoms with Crippen LogP contribution in [0.25, 0.3) is 0 Å². The topological polar surface area (TPSA) is 3.24 Å². The van der Waals surface area contributed by atoms with Crippen molar-refractivity contribution in [1.82, 2.24) is 4.90 Å². The summed E-state index contributed by atoms with van der Waals surface area (Å²) in [6.45, 7) is 7.19. The third-order valence-corrected chi connectivity index (χ3v) is 1.63. The lowest BCUT2D eigenvalue weighted by molar-refractivity contribution is -0.170. The van der Waals surface area contributed by atoms with E-state index in [1.807, 2.05) is 0 Å². The minimum absolute atomic E-state index is 0.379. The van der Waals surface area contributed by atoms with Gasteiger partial charge in [0.15, 0.2) is 0 Å². The standard InChI is InChI=1S/C7H13F3N/c1-4-11(5-2)6(3)7(8,9)10/h6H,3-5H2,1-2H3. The first-order valence-corrected chi connectivity index (χ1v) is 3.57. The maximum Gasteiger partial charge on any atom is 0.404 e. The summed E-state index contributed by atoms with van der Waals surface area (Å²) in [6, 6.07) is -1.57. The van der Waals surface area contributed by atoms with Gasteiger partial charge in [-0.2, -0.15) is 13.2 Å². The van der Waals surface area contributed by atoms with Gasteiger partial charge in [-0.1, -0.05) is 13.8 Å². The van der Waals surface area contributed by atoms with Crippen LogP contribution < -0.4 is 0 Å². The second-order valence-electron chi connectivity index (χ2n) is 2.28. The van der Waals surface area contributed by atoms with E-state index in [-0.39, 0.29) is 0 Å². The smallest absolute Gasteiger partial charge is 0.293 e. The Morgan fingerprint density at radius 2 is 1.64 bits per heavy atom. The third kappa shape index (κ3) is 3.10. The summed E-state index contributed by atoms with van der Waals surface area (Å²) in [5, 5.41) is 0. The van der Waals surface area contributed by atoms with Crippen LogP contribution in [0.5, 0.6) is 0 Å². The summed E-state index contributed by atoms with van der Waals surface area (Å²) in [4.78, 5) is 1.26. The molecule has 0 heterocycles. The van der Waals surface area contributed by atoms with Crippen molar-refractivity contribution in [3.8, 4) is 0 Å². The highest BCUT2D eigenvalue weighted by molar-refractivity contribution is 4.79. The quantitative estimate of drug-likeness (QED) is 0.623. The van der Waals surface area contributed by atoms with E-state index in [0.29, 0.717) is 13.1 Å². The van der Waals surface area contributed by atoms with Gasteiger partial charge in [0, 0.05) is 0 Å². The number of halogens is 3. The van der Waals surface area contributed by atoms with Crippen LogP contribution in [0.4, 0.5) is 13.2 Å². The molecule has 1 nitrogen and oxygen atoms in total. The normalized spacial score (nSPS) is 15.5. The monoisotopic (exact) mass is 168 g/mol. The van der Waals surface area contributed by atoms with Crippen LogP contribution in [-0.4, -0.2) is 30.2 Å². The van der Waals surface area contributed by atoms with Gasteiger partial charge in [0.25, 0.3) is 0 Å². The van der Waals surface area contributed by atoms with E-state index in [1.54, 1.807) is 13.8 Å². The van der Waals surface area contributed by atoms with E-state index in [2.05, 4.69) is 6.92 Å². The van der Waals surface area contributed by atoms with Crippen molar-refractivity contribution in [3.05, 3.63) is 6.92 Å². The fraction of sp³-hybridized carbons (Fsp3) is 0.857. The maximum absolute atomic E-state index is 12.0. The van der Waals surface area contributed by atoms with Gasteiger partial charge in [-0.15, -0.1) is 0 Å². The summed E-state index contributed by atoms with van der Waals surface area (Å²) >= 11 is 0. The first-order valence-electron chi connectivity index (χ1n) is 3.57. The van der Waals surface area contributed by atoms with Crippen LogP contribution in [0.1, 0.15) is 13.8 Å². The van der Waals surface area contributed by atoms with Crippen LogP contribution in [0.15, 0.2) is 0 Å². The molecule has 0 aromatic heterocycles. The Kier molecular flexibility index (Phi) is 3.86. The molecule has 1 radical (unpaired) electrons. The number of nitrogens with zero attached hydrogens (tertiary/aromatic N) is 1. The molecule has 0 rings (SSSR count). The minimum Gasteiger partial charge on any atom is -0.293 e. The van der Waals surface area contributed by atoms with Gasteiger partial charge in [-0.25, -0.2) is 0 Å². The molecular weight excluding hydrogens is 155 g/mol. The molecule has 67 valence electrons. The summed E-state index contributed by atoms with van der Waals surface area (Å²) < 4.78 is 35.9. The van der Waals surface area contributed by atoms with Crippen molar-refractivity contribution < 1.29 is 13.2 Å². The average Bonchev–Trinajstić information content (AvgIpc) is 1.88. The van der Waals surface area contributed by atoms with Crippen molar-refractivity contribution in [2.75, 3.05) is 13.1 Å². The molecule has 0 saturated carbocycles. The molecular formula is C7H13F3N. The highest BCUT2D eigenvalue weighted by Gasteiger charge is 2.38. The van der Waals surface area contributed by atoms with E-state index >= 15 is 0 Å². The minimum atomic E-state index is -4.20. The predicted octanol–water partition coefficient (Wildman–Crippen LogP) is 2.09. The van der Waals surface area contributed by atoms with E-state index in [0.717, 1.165) is 0 Å². The van der Waals surface area contributed by atoms with E-state index in [4.69, 9.17) is 0 Å². The van der Waals surface area contributed by atoms with Crippen molar-refractivity contribution in [3.63, 3.8) is 0 Å². The van der Waals surface area contributed by atoms with Gasteiger partial charge < -0.3 is 0 Å². The molecule has 0 fully saturated rings. The average molecular weight is 168 g/mol. The Morgan fingerprint density at radius 3 is 1.73 bits per heavy atom. The summed E-state index contributed by atoms with van der Waals surface area (Å²) in [5.41, 5.74) is 0. The van der Waals surface area contributed by atoms with Crippen LogP contribution in [0.3, 0.4) is 0 Å². The summed E-state index contributed by atoms with van der Waals surface area (Å²) in [5.74, 6) is 0. The van der Waals surface area contributed by atoms with Gasteiger partial charge in [0.05, 0.1) is 0 Å². The largest absolute Gasteiger partial charge is 0.404 e. The Bertz CT molecular complexity index is 107. The molecule has 0 aromatic rings. The second-order valence-corrected chi connectivity index (χ2v) is 2.28. The van der Waals surface area contributed by atoms with Gasteiger partial charge >= 0.3 is 6.18 Å². The lowest BCUT2D eigenvalue weighted by Crippen LogP contribution is -2.43. The van der Waals surface area contributed by atoms with Crippen molar-refractivity contribution in [1.29, 1.82) is 0 Å². The highest BCUT2D eigenvalue weighted by Crippen LogP contribution is 2.23. The molecule has 0 aliphatic carbocycles. The first-order chi connectivity index (χ1) is 4.93. The number of alkyl halides is 3. The number of hydrogen-bond acceptors (Lipinski definition) is 1. The Hall–Kier alpha value is -0.250. The number of hydrogen-bond donors (Lipinski definition) is 0. The van der Waals surface area contributed by atoms with Crippen LogP contribution in [0.2, 0.25) is 0 Å². The van der Waals surface area contributed by atoms with Crippen molar-refractivity contribution >= 4 is 0 Å². The number of rotatable bonds is 3. The third-order valence-electron chi connectivity index (χ3n) is 1.63. The fourth-order valence-electron chi connectivity index (χ4n) is 0.871. The first kappa shape index (κ1) is 10.8. The molecule has 11 heavy (non-hydrogen) atoms. The molecule has 0 aromatic carbocycles. The lowest BCUT2D eigenvalue weighted by atomic mass is 10.3. The van der Waals surface area contributed by atoms with Gasteiger partial charge in [0.2, 0.25) is 0 Å². The predicted molar refractivity (Wildman–Crippen MR) is 38.1 cm³/mol. The van der Waals surface area contributed by atoms with Crippen LogP contribution in [-0.2, 0) is 0 Å². The van der Waals surface area contributed by atoms with E-state index < -0.39 is 12.2 Å². The highest BCUT2D eigenvalue weighted by atomic mass is 19.4. The van der Waals surface area contributed by atoms with E-state index in [9.17, 15) is 13.2 Å². The maximum atomic E-state index is 12.0. The lowest BCUT2D eigenvalue weighted by Gasteiger charge is -2.27. The molecule has 0 spiro atoms. The molecule has 4 heteroatoms. The Morgan fingerprint density at radius 1 is 1.27 bits per heavy atom. The fourth-order valence-corrected chi connectivity index (χ4v) is 0.871. The second kappa shape index (κ2) is 3.95. The summed E-state index contributed by atoms with van der Waals surface area (Å²) in [7, 11) is 0.